The van der Waals surface area contributed by atoms with Crippen molar-refractivity contribution in [2.24, 2.45) is 11.7 Å². The Labute approximate surface area is 86.3 Å². The van der Waals surface area contributed by atoms with Gasteiger partial charge in [0, 0.05) is 6.04 Å². The zero-order chi connectivity index (χ0) is 10.3. The lowest BCUT2D eigenvalue weighted by Gasteiger charge is -2.17. The van der Waals surface area contributed by atoms with Crippen LogP contribution in [0.25, 0.3) is 0 Å². The molecule has 1 aliphatic carbocycles. The highest BCUT2D eigenvalue weighted by atomic mass is 14.7. The topological polar surface area (TPSA) is 26.0 Å². The zero-order valence-electron chi connectivity index (χ0n) is 9.30. The Morgan fingerprint density at radius 3 is 2.07 bits per heavy atom. The molecule has 14 heavy (non-hydrogen) atoms. The third-order valence-electron chi connectivity index (χ3n) is 3.20. The highest BCUT2D eigenvalue weighted by molar-refractivity contribution is 5.40. The molecule has 1 saturated carbocycles. The molecule has 2 N–H and O–H groups in total. The van der Waals surface area contributed by atoms with Crippen molar-refractivity contribution in [1.29, 1.82) is 0 Å². The van der Waals surface area contributed by atoms with Gasteiger partial charge in [0.25, 0.3) is 0 Å². The molecule has 2 rings (SSSR count). The number of rotatable bonds is 2. The minimum absolute atomic E-state index is 0.274. The molecule has 0 heterocycles. The van der Waals surface area contributed by atoms with Crippen LogP contribution in [-0.2, 0) is 0 Å². The molecule has 1 atom stereocenters. The van der Waals surface area contributed by atoms with Crippen molar-refractivity contribution >= 4 is 0 Å². The summed E-state index contributed by atoms with van der Waals surface area (Å²) in [4.78, 5) is 0. The molecule has 0 bridgehead atoms. The van der Waals surface area contributed by atoms with Crippen LogP contribution in [0.15, 0.2) is 12.1 Å². The monoisotopic (exact) mass is 189 g/mol. The summed E-state index contributed by atoms with van der Waals surface area (Å²) in [6.07, 6.45) is 2.63. The summed E-state index contributed by atoms with van der Waals surface area (Å²) >= 11 is 0. The molecular weight excluding hydrogens is 170 g/mol. The van der Waals surface area contributed by atoms with Gasteiger partial charge in [0.1, 0.15) is 0 Å². The van der Waals surface area contributed by atoms with E-state index in [0.29, 0.717) is 0 Å². The molecule has 1 fully saturated rings. The van der Waals surface area contributed by atoms with Crippen molar-refractivity contribution in [3.63, 3.8) is 0 Å². The fraction of sp³-hybridized carbons (Fsp3) is 0.538. The van der Waals surface area contributed by atoms with Crippen molar-refractivity contribution in [2.45, 2.75) is 39.7 Å². The molecule has 1 aromatic carbocycles. The van der Waals surface area contributed by atoms with E-state index in [4.69, 9.17) is 5.73 Å². The van der Waals surface area contributed by atoms with Gasteiger partial charge in [-0.2, -0.15) is 0 Å². The van der Waals surface area contributed by atoms with Crippen LogP contribution in [0.4, 0.5) is 0 Å². The lowest BCUT2D eigenvalue weighted by atomic mass is 9.92. The Kier molecular flexibility index (Phi) is 2.36. The Morgan fingerprint density at radius 2 is 1.64 bits per heavy atom. The van der Waals surface area contributed by atoms with E-state index < -0.39 is 0 Å². The van der Waals surface area contributed by atoms with Gasteiger partial charge < -0.3 is 5.73 Å². The fourth-order valence-corrected chi connectivity index (χ4v) is 2.41. The fourth-order valence-electron chi connectivity index (χ4n) is 2.41. The van der Waals surface area contributed by atoms with Crippen molar-refractivity contribution in [2.75, 3.05) is 0 Å². The van der Waals surface area contributed by atoms with Gasteiger partial charge in [-0.1, -0.05) is 17.7 Å². The summed E-state index contributed by atoms with van der Waals surface area (Å²) in [7, 11) is 0. The second-order valence-electron chi connectivity index (χ2n) is 4.68. The second-order valence-corrected chi connectivity index (χ2v) is 4.68. The highest BCUT2D eigenvalue weighted by Crippen LogP contribution is 2.41. The summed E-state index contributed by atoms with van der Waals surface area (Å²) in [5, 5.41) is 0. The molecule has 1 nitrogen and oxygen atoms in total. The highest BCUT2D eigenvalue weighted by Gasteiger charge is 2.31. The third kappa shape index (κ3) is 1.69. The average molecular weight is 189 g/mol. The van der Waals surface area contributed by atoms with E-state index in [9.17, 15) is 0 Å². The lowest BCUT2D eigenvalue weighted by Crippen LogP contribution is -2.15. The summed E-state index contributed by atoms with van der Waals surface area (Å²) in [6, 6.07) is 4.76. The Hall–Kier alpha value is -0.820. The molecular formula is C13H19N. The summed E-state index contributed by atoms with van der Waals surface area (Å²) < 4.78 is 0. The molecule has 0 radical (unpaired) electrons. The first kappa shape index (κ1) is 9.72. The minimum Gasteiger partial charge on any atom is -0.324 e. The van der Waals surface area contributed by atoms with Crippen LogP contribution in [0.5, 0.6) is 0 Å². The van der Waals surface area contributed by atoms with Gasteiger partial charge >= 0.3 is 0 Å². The molecule has 0 aromatic heterocycles. The lowest BCUT2D eigenvalue weighted by molar-refractivity contribution is 0.626. The van der Waals surface area contributed by atoms with Gasteiger partial charge in [0.2, 0.25) is 0 Å². The SMILES string of the molecule is Cc1cc(C)c([C@@H](N)C2CC2)c(C)c1. The summed E-state index contributed by atoms with van der Waals surface area (Å²) in [5.74, 6) is 0.745. The third-order valence-corrected chi connectivity index (χ3v) is 3.20. The molecule has 0 aliphatic heterocycles. The van der Waals surface area contributed by atoms with E-state index in [1.807, 2.05) is 0 Å². The van der Waals surface area contributed by atoms with Gasteiger partial charge in [-0.05, 0) is 56.2 Å². The maximum absolute atomic E-state index is 6.25. The summed E-state index contributed by atoms with van der Waals surface area (Å²) in [6.45, 7) is 6.50. The quantitative estimate of drug-likeness (QED) is 0.760. The van der Waals surface area contributed by atoms with Crippen LogP contribution in [0.1, 0.15) is 41.1 Å². The van der Waals surface area contributed by atoms with Gasteiger partial charge in [0.15, 0.2) is 0 Å². The normalized spacial score (nSPS) is 18.3. The van der Waals surface area contributed by atoms with Gasteiger partial charge in [-0.15, -0.1) is 0 Å². The Balaban J connectivity index is 2.40. The number of nitrogens with two attached hydrogens (primary N) is 1. The van der Waals surface area contributed by atoms with Crippen LogP contribution in [-0.4, -0.2) is 0 Å². The first-order chi connectivity index (χ1) is 6.59. The van der Waals surface area contributed by atoms with Crippen molar-refractivity contribution in [3.05, 3.63) is 34.4 Å². The predicted molar refractivity (Wildman–Crippen MR) is 60.3 cm³/mol. The van der Waals surface area contributed by atoms with E-state index in [2.05, 4.69) is 32.9 Å². The van der Waals surface area contributed by atoms with E-state index >= 15 is 0 Å². The first-order valence-corrected chi connectivity index (χ1v) is 5.43. The van der Waals surface area contributed by atoms with E-state index in [1.165, 1.54) is 35.1 Å². The molecule has 1 aliphatic rings. The number of aryl methyl sites for hydroxylation is 3. The number of hydrogen-bond acceptors (Lipinski definition) is 1. The average Bonchev–Trinajstić information content (AvgIpc) is 2.83. The largest absolute Gasteiger partial charge is 0.324 e. The number of benzene rings is 1. The zero-order valence-corrected chi connectivity index (χ0v) is 9.30. The van der Waals surface area contributed by atoms with Crippen LogP contribution >= 0.6 is 0 Å². The van der Waals surface area contributed by atoms with Crippen LogP contribution in [0, 0.1) is 26.7 Å². The number of hydrogen-bond donors (Lipinski definition) is 1. The van der Waals surface area contributed by atoms with Crippen molar-refractivity contribution in [3.8, 4) is 0 Å². The minimum atomic E-state index is 0.274. The molecule has 1 aromatic rings. The molecule has 76 valence electrons. The van der Waals surface area contributed by atoms with Crippen molar-refractivity contribution in [1.82, 2.24) is 0 Å². The predicted octanol–water partition coefficient (Wildman–Crippen LogP) is 3.02. The first-order valence-electron chi connectivity index (χ1n) is 5.43. The maximum atomic E-state index is 6.25. The van der Waals surface area contributed by atoms with Crippen LogP contribution in [0.3, 0.4) is 0 Å². The molecule has 0 saturated heterocycles. The molecule has 1 heteroatoms. The van der Waals surface area contributed by atoms with E-state index in [0.717, 1.165) is 5.92 Å². The Morgan fingerprint density at radius 1 is 1.14 bits per heavy atom. The van der Waals surface area contributed by atoms with Gasteiger partial charge in [-0.25, -0.2) is 0 Å². The Bertz CT molecular complexity index is 327. The van der Waals surface area contributed by atoms with Crippen LogP contribution in [0.2, 0.25) is 0 Å². The molecule has 0 spiro atoms. The van der Waals surface area contributed by atoms with E-state index in [-0.39, 0.29) is 6.04 Å². The summed E-state index contributed by atoms with van der Waals surface area (Å²) in [5.41, 5.74) is 11.7. The smallest absolute Gasteiger partial charge is 0.0328 e. The molecule has 0 amide bonds. The van der Waals surface area contributed by atoms with Crippen molar-refractivity contribution < 1.29 is 0 Å². The van der Waals surface area contributed by atoms with Gasteiger partial charge in [0.05, 0.1) is 0 Å². The van der Waals surface area contributed by atoms with Gasteiger partial charge in [-0.3, -0.25) is 0 Å². The second kappa shape index (κ2) is 3.39. The van der Waals surface area contributed by atoms with E-state index in [1.54, 1.807) is 0 Å². The standard InChI is InChI=1S/C13H19N/c1-8-6-9(2)12(10(3)7-8)13(14)11-4-5-11/h6-7,11,13H,4-5,14H2,1-3H3/t13-/m0/s1. The maximum Gasteiger partial charge on any atom is 0.0328 e. The molecule has 0 unspecified atom stereocenters. The van der Waals surface area contributed by atoms with Crippen LogP contribution < -0.4 is 5.73 Å².